The van der Waals surface area contributed by atoms with Crippen molar-refractivity contribution < 1.29 is 15.3 Å². The molecule has 0 bridgehead atoms. The van der Waals surface area contributed by atoms with Gasteiger partial charge in [0, 0.05) is 24.1 Å². The van der Waals surface area contributed by atoms with Gasteiger partial charge in [0.2, 0.25) is 0 Å². The van der Waals surface area contributed by atoms with E-state index in [1.165, 1.54) is 0 Å². The van der Waals surface area contributed by atoms with E-state index in [1.54, 1.807) is 6.92 Å². The Morgan fingerprint density at radius 2 is 1.59 bits per heavy atom. The molecule has 4 heteroatoms. The van der Waals surface area contributed by atoms with Gasteiger partial charge in [-0.15, -0.1) is 0 Å². The van der Waals surface area contributed by atoms with Gasteiger partial charge in [0.15, 0.2) is 0 Å². The number of rotatable bonds is 3. The molecule has 0 aromatic heterocycles. The Hall–Kier alpha value is -0.160. The highest BCUT2D eigenvalue weighted by molar-refractivity contribution is 5.04. The Balaban J connectivity index is 3.08. The minimum Gasteiger partial charge on any atom is -0.396 e. The largest absolute Gasteiger partial charge is 0.396 e. The number of hydrogen-bond acceptors (Lipinski definition) is 4. The molecular formula is C13H27NO3. The van der Waals surface area contributed by atoms with E-state index in [9.17, 15) is 10.2 Å². The highest BCUT2D eigenvalue weighted by Gasteiger charge is 2.51. The molecule has 0 aromatic carbocycles. The van der Waals surface area contributed by atoms with Crippen molar-refractivity contribution in [2.24, 2.45) is 0 Å². The van der Waals surface area contributed by atoms with E-state index in [1.807, 2.05) is 32.6 Å². The molecule has 0 aliphatic carbocycles. The van der Waals surface area contributed by atoms with Crippen LogP contribution in [0.5, 0.6) is 0 Å². The van der Waals surface area contributed by atoms with Crippen LogP contribution in [-0.4, -0.2) is 49.7 Å². The summed E-state index contributed by atoms with van der Waals surface area (Å²) in [5.74, 6) is 0. The molecule has 17 heavy (non-hydrogen) atoms. The number of aliphatic hydroxyl groups is 3. The van der Waals surface area contributed by atoms with E-state index in [0.717, 1.165) is 0 Å². The van der Waals surface area contributed by atoms with Gasteiger partial charge in [0.25, 0.3) is 0 Å². The van der Waals surface area contributed by atoms with Crippen LogP contribution in [0.2, 0.25) is 0 Å². The van der Waals surface area contributed by atoms with Gasteiger partial charge >= 0.3 is 0 Å². The summed E-state index contributed by atoms with van der Waals surface area (Å²) in [6, 6.07) is 0. The standard InChI is InChI=1S/C13H27NO3/c1-11(2)8-10(16)9-12(3,4)14(11)13(5,17)6-7-15/h10,15-17H,6-9H2,1-5H3. The topological polar surface area (TPSA) is 63.9 Å². The summed E-state index contributed by atoms with van der Waals surface area (Å²) in [6.45, 7) is 9.82. The van der Waals surface area contributed by atoms with Crippen molar-refractivity contribution in [3.63, 3.8) is 0 Å². The van der Waals surface area contributed by atoms with Crippen LogP contribution in [0.4, 0.5) is 0 Å². The minimum atomic E-state index is -1.05. The van der Waals surface area contributed by atoms with Crippen LogP contribution < -0.4 is 0 Å². The summed E-state index contributed by atoms with van der Waals surface area (Å²) in [5, 5.41) is 29.6. The minimum absolute atomic E-state index is 0.0434. The summed E-state index contributed by atoms with van der Waals surface area (Å²) in [7, 11) is 0. The molecule has 0 aromatic rings. The molecule has 1 heterocycles. The van der Waals surface area contributed by atoms with Crippen molar-refractivity contribution >= 4 is 0 Å². The maximum Gasteiger partial charge on any atom is 0.118 e. The van der Waals surface area contributed by atoms with Crippen LogP contribution in [-0.2, 0) is 0 Å². The van der Waals surface area contributed by atoms with Gasteiger partial charge in [-0.25, -0.2) is 0 Å². The maximum absolute atomic E-state index is 10.6. The molecule has 0 amide bonds. The van der Waals surface area contributed by atoms with E-state index in [0.29, 0.717) is 19.3 Å². The Bertz CT molecular complexity index is 245. The van der Waals surface area contributed by atoms with Crippen LogP contribution in [0.25, 0.3) is 0 Å². The first-order chi connectivity index (χ1) is 7.53. The zero-order chi connectivity index (χ0) is 13.5. The summed E-state index contributed by atoms with van der Waals surface area (Å²) in [4.78, 5) is 2.04. The van der Waals surface area contributed by atoms with Gasteiger partial charge in [0.1, 0.15) is 5.72 Å². The molecule has 1 fully saturated rings. The van der Waals surface area contributed by atoms with Gasteiger partial charge in [-0.05, 0) is 47.5 Å². The van der Waals surface area contributed by atoms with Crippen LogP contribution in [0, 0.1) is 0 Å². The van der Waals surface area contributed by atoms with Crippen molar-refractivity contribution in [2.45, 2.75) is 76.8 Å². The molecule has 4 nitrogen and oxygen atoms in total. The molecule has 0 radical (unpaired) electrons. The third-order valence-electron chi connectivity index (χ3n) is 3.75. The molecule has 1 unspecified atom stereocenters. The SMILES string of the molecule is CC1(C)CC(O)CC(C)(C)N1C(C)(O)CCO. The Labute approximate surface area is 104 Å². The van der Waals surface area contributed by atoms with Crippen molar-refractivity contribution in [1.82, 2.24) is 4.90 Å². The monoisotopic (exact) mass is 245 g/mol. The molecule has 1 rings (SSSR count). The average molecular weight is 245 g/mol. The van der Waals surface area contributed by atoms with Gasteiger partial charge < -0.3 is 15.3 Å². The number of piperidine rings is 1. The normalized spacial score (nSPS) is 28.9. The Morgan fingerprint density at radius 3 is 1.94 bits per heavy atom. The number of nitrogens with zero attached hydrogens (tertiary/aromatic N) is 1. The van der Waals surface area contributed by atoms with Gasteiger partial charge in [0.05, 0.1) is 6.10 Å². The highest BCUT2D eigenvalue weighted by atomic mass is 16.3. The Morgan fingerprint density at radius 1 is 1.18 bits per heavy atom. The molecule has 0 saturated carbocycles. The van der Waals surface area contributed by atoms with Crippen molar-refractivity contribution in [3.8, 4) is 0 Å². The lowest BCUT2D eigenvalue weighted by molar-refractivity contribution is -0.221. The third kappa shape index (κ3) is 2.99. The molecule has 1 aliphatic heterocycles. The zero-order valence-electron chi connectivity index (χ0n) is 11.7. The number of hydrogen-bond donors (Lipinski definition) is 3. The van der Waals surface area contributed by atoms with E-state index in [4.69, 9.17) is 5.11 Å². The van der Waals surface area contributed by atoms with Crippen molar-refractivity contribution in [3.05, 3.63) is 0 Å². The smallest absolute Gasteiger partial charge is 0.118 e. The number of aliphatic hydroxyl groups excluding tert-OH is 2. The van der Waals surface area contributed by atoms with Crippen molar-refractivity contribution in [1.29, 1.82) is 0 Å². The lowest BCUT2D eigenvalue weighted by Crippen LogP contribution is -2.69. The van der Waals surface area contributed by atoms with Crippen LogP contribution in [0.15, 0.2) is 0 Å². The molecule has 1 atom stereocenters. The second-order valence-electron chi connectivity index (χ2n) is 6.71. The van der Waals surface area contributed by atoms with Crippen LogP contribution >= 0.6 is 0 Å². The first-order valence-electron chi connectivity index (χ1n) is 6.35. The highest BCUT2D eigenvalue weighted by Crippen LogP contribution is 2.43. The van der Waals surface area contributed by atoms with Crippen LogP contribution in [0.3, 0.4) is 0 Å². The number of likely N-dealkylation sites (tertiary alicyclic amines) is 1. The first kappa shape index (κ1) is 14.9. The summed E-state index contributed by atoms with van der Waals surface area (Å²) < 4.78 is 0. The lowest BCUT2D eigenvalue weighted by atomic mass is 9.76. The fraction of sp³-hybridized carbons (Fsp3) is 1.00. The predicted octanol–water partition coefficient (Wildman–Crippen LogP) is 1.09. The van der Waals surface area contributed by atoms with Gasteiger partial charge in [-0.1, -0.05) is 0 Å². The first-order valence-corrected chi connectivity index (χ1v) is 6.35. The predicted molar refractivity (Wildman–Crippen MR) is 67.6 cm³/mol. The van der Waals surface area contributed by atoms with Crippen molar-refractivity contribution in [2.75, 3.05) is 6.61 Å². The molecule has 0 spiro atoms. The fourth-order valence-corrected chi connectivity index (χ4v) is 3.86. The molecule has 1 saturated heterocycles. The molecule has 102 valence electrons. The molecule has 3 N–H and O–H groups in total. The zero-order valence-corrected chi connectivity index (χ0v) is 11.7. The summed E-state index contributed by atoms with van der Waals surface area (Å²) in [6.07, 6.45) is 1.26. The van der Waals surface area contributed by atoms with Crippen LogP contribution in [0.1, 0.15) is 53.9 Å². The Kier molecular flexibility index (Phi) is 3.94. The summed E-state index contributed by atoms with van der Waals surface area (Å²) in [5.41, 5.74) is -1.64. The average Bonchev–Trinajstić information content (AvgIpc) is 1.94. The second-order valence-corrected chi connectivity index (χ2v) is 6.71. The molecular weight excluding hydrogens is 218 g/mol. The fourth-order valence-electron chi connectivity index (χ4n) is 3.86. The quantitative estimate of drug-likeness (QED) is 0.696. The third-order valence-corrected chi connectivity index (χ3v) is 3.75. The van der Waals surface area contributed by atoms with E-state index in [2.05, 4.69) is 0 Å². The van der Waals surface area contributed by atoms with E-state index < -0.39 is 5.72 Å². The second kappa shape index (κ2) is 4.50. The van der Waals surface area contributed by atoms with Gasteiger partial charge in [-0.3, -0.25) is 4.90 Å². The lowest BCUT2D eigenvalue weighted by Gasteiger charge is -2.59. The molecule has 1 aliphatic rings. The van der Waals surface area contributed by atoms with Gasteiger partial charge in [-0.2, -0.15) is 0 Å². The summed E-state index contributed by atoms with van der Waals surface area (Å²) >= 11 is 0. The van der Waals surface area contributed by atoms with E-state index >= 15 is 0 Å². The van der Waals surface area contributed by atoms with E-state index in [-0.39, 0.29) is 23.8 Å². The maximum atomic E-state index is 10.6.